The third-order valence-corrected chi connectivity index (χ3v) is 5.34. The Bertz CT molecular complexity index is 226. The summed E-state index contributed by atoms with van der Waals surface area (Å²) in [6.45, 7) is 8.57. The molecule has 1 N–H and O–H groups in total. The van der Waals surface area contributed by atoms with Crippen LogP contribution in [0.25, 0.3) is 0 Å². The van der Waals surface area contributed by atoms with Gasteiger partial charge in [0.25, 0.3) is 0 Å². The van der Waals surface area contributed by atoms with E-state index in [1.165, 1.54) is 51.5 Å². The molecule has 5 atom stereocenters. The van der Waals surface area contributed by atoms with Crippen LogP contribution < -0.4 is 5.32 Å². The first-order valence-electron chi connectivity index (χ1n) is 7.88. The van der Waals surface area contributed by atoms with Crippen LogP contribution in [0.1, 0.15) is 65.7 Å². The van der Waals surface area contributed by atoms with Crippen molar-refractivity contribution >= 4 is 0 Å². The molecule has 0 saturated heterocycles. The largest absolute Gasteiger partial charge is 0.314 e. The van der Waals surface area contributed by atoms with Gasteiger partial charge in [0.05, 0.1) is 0 Å². The minimum atomic E-state index is 0.818. The molecular weight excluding hydrogens is 206 g/mol. The molecule has 2 rings (SSSR count). The molecule has 0 amide bonds. The predicted octanol–water partition coefficient (Wildman–Crippen LogP) is 4.23. The van der Waals surface area contributed by atoms with Crippen LogP contribution in [-0.2, 0) is 0 Å². The second-order valence-electron chi connectivity index (χ2n) is 7.01. The lowest BCUT2D eigenvalue weighted by atomic mass is 9.78. The van der Waals surface area contributed by atoms with E-state index in [0.717, 1.165) is 29.7 Å². The van der Waals surface area contributed by atoms with Gasteiger partial charge in [-0.15, -0.1) is 0 Å². The SMILES string of the molecule is CC1CCCC(CNC2CCC(C)C(C)C2)C1. The quantitative estimate of drug-likeness (QED) is 0.774. The second kappa shape index (κ2) is 6.22. The maximum Gasteiger partial charge on any atom is 0.00699 e. The monoisotopic (exact) mass is 237 g/mol. The Morgan fingerprint density at radius 3 is 2.41 bits per heavy atom. The highest BCUT2D eigenvalue weighted by Gasteiger charge is 2.25. The smallest absolute Gasteiger partial charge is 0.00699 e. The van der Waals surface area contributed by atoms with E-state index in [1.807, 2.05) is 0 Å². The van der Waals surface area contributed by atoms with Gasteiger partial charge in [-0.1, -0.05) is 33.6 Å². The van der Waals surface area contributed by atoms with Gasteiger partial charge in [-0.3, -0.25) is 0 Å². The zero-order valence-electron chi connectivity index (χ0n) is 12.0. The Morgan fingerprint density at radius 1 is 0.882 bits per heavy atom. The predicted molar refractivity (Wildman–Crippen MR) is 75.1 cm³/mol. The van der Waals surface area contributed by atoms with Crippen molar-refractivity contribution in [3.05, 3.63) is 0 Å². The highest BCUT2D eigenvalue weighted by atomic mass is 14.9. The van der Waals surface area contributed by atoms with Gasteiger partial charge in [-0.2, -0.15) is 0 Å². The third-order valence-electron chi connectivity index (χ3n) is 5.34. The topological polar surface area (TPSA) is 12.0 Å². The number of hydrogen-bond acceptors (Lipinski definition) is 1. The Morgan fingerprint density at radius 2 is 1.71 bits per heavy atom. The summed E-state index contributed by atoms with van der Waals surface area (Å²) in [6, 6.07) is 0.818. The molecule has 2 fully saturated rings. The van der Waals surface area contributed by atoms with Gasteiger partial charge in [-0.05, 0) is 62.3 Å². The normalized spacial score (nSPS) is 43.6. The molecule has 1 heteroatoms. The van der Waals surface area contributed by atoms with E-state index >= 15 is 0 Å². The fourth-order valence-corrected chi connectivity index (χ4v) is 3.81. The molecule has 100 valence electrons. The molecule has 0 aromatic heterocycles. The Hall–Kier alpha value is -0.0400. The van der Waals surface area contributed by atoms with E-state index in [4.69, 9.17) is 0 Å². The average molecular weight is 237 g/mol. The fraction of sp³-hybridized carbons (Fsp3) is 1.00. The van der Waals surface area contributed by atoms with Crippen LogP contribution in [0.15, 0.2) is 0 Å². The molecule has 0 aromatic carbocycles. The second-order valence-corrected chi connectivity index (χ2v) is 7.01. The summed E-state index contributed by atoms with van der Waals surface area (Å²) in [6.07, 6.45) is 10.1. The highest BCUT2D eigenvalue weighted by Crippen LogP contribution is 2.31. The molecule has 0 aliphatic heterocycles. The van der Waals surface area contributed by atoms with Crippen molar-refractivity contribution in [2.24, 2.45) is 23.7 Å². The summed E-state index contributed by atoms with van der Waals surface area (Å²) in [4.78, 5) is 0. The van der Waals surface area contributed by atoms with E-state index in [0.29, 0.717) is 0 Å². The molecule has 2 aliphatic rings. The zero-order valence-corrected chi connectivity index (χ0v) is 12.0. The molecule has 2 aliphatic carbocycles. The molecule has 2 saturated carbocycles. The first-order valence-corrected chi connectivity index (χ1v) is 7.88. The lowest BCUT2D eigenvalue weighted by Crippen LogP contribution is -2.39. The van der Waals surface area contributed by atoms with Crippen molar-refractivity contribution in [1.29, 1.82) is 0 Å². The van der Waals surface area contributed by atoms with E-state index in [1.54, 1.807) is 0 Å². The van der Waals surface area contributed by atoms with Gasteiger partial charge < -0.3 is 5.32 Å². The zero-order chi connectivity index (χ0) is 12.3. The van der Waals surface area contributed by atoms with Crippen LogP contribution in [0.2, 0.25) is 0 Å². The highest BCUT2D eigenvalue weighted by molar-refractivity contribution is 4.81. The van der Waals surface area contributed by atoms with Crippen molar-refractivity contribution in [2.45, 2.75) is 71.8 Å². The van der Waals surface area contributed by atoms with Crippen LogP contribution in [0.4, 0.5) is 0 Å². The van der Waals surface area contributed by atoms with Gasteiger partial charge >= 0.3 is 0 Å². The first-order chi connectivity index (χ1) is 8.15. The van der Waals surface area contributed by atoms with Crippen molar-refractivity contribution in [3.8, 4) is 0 Å². The molecule has 0 spiro atoms. The minimum Gasteiger partial charge on any atom is -0.314 e. The summed E-state index contributed by atoms with van der Waals surface area (Å²) in [5, 5.41) is 3.86. The third kappa shape index (κ3) is 3.98. The summed E-state index contributed by atoms with van der Waals surface area (Å²) in [5.74, 6) is 3.81. The van der Waals surface area contributed by atoms with Crippen LogP contribution in [0, 0.1) is 23.7 Å². The molecule has 1 nitrogen and oxygen atoms in total. The lowest BCUT2D eigenvalue weighted by Gasteiger charge is -2.34. The van der Waals surface area contributed by atoms with Crippen LogP contribution >= 0.6 is 0 Å². The van der Waals surface area contributed by atoms with Gasteiger partial charge in [0.2, 0.25) is 0 Å². The Labute approximate surface area is 108 Å². The van der Waals surface area contributed by atoms with Crippen LogP contribution in [0.3, 0.4) is 0 Å². The molecule has 17 heavy (non-hydrogen) atoms. The summed E-state index contributed by atoms with van der Waals surface area (Å²) in [7, 11) is 0. The lowest BCUT2D eigenvalue weighted by molar-refractivity contribution is 0.206. The van der Waals surface area contributed by atoms with Gasteiger partial charge in [0.15, 0.2) is 0 Å². The van der Waals surface area contributed by atoms with E-state index in [2.05, 4.69) is 26.1 Å². The van der Waals surface area contributed by atoms with E-state index in [-0.39, 0.29) is 0 Å². The Kier molecular flexibility index (Phi) is 4.90. The maximum atomic E-state index is 3.86. The van der Waals surface area contributed by atoms with E-state index in [9.17, 15) is 0 Å². The van der Waals surface area contributed by atoms with Crippen molar-refractivity contribution in [1.82, 2.24) is 5.32 Å². The molecule has 0 heterocycles. The fourth-order valence-electron chi connectivity index (χ4n) is 3.81. The van der Waals surface area contributed by atoms with Gasteiger partial charge in [0.1, 0.15) is 0 Å². The van der Waals surface area contributed by atoms with Crippen LogP contribution in [0.5, 0.6) is 0 Å². The summed E-state index contributed by atoms with van der Waals surface area (Å²) in [5.41, 5.74) is 0. The Balaban J connectivity index is 1.67. The number of rotatable bonds is 3. The first kappa shape index (κ1) is 13.4. The molecule has 0 bridgehead atoms. The average Bonchev–Trinajstić information content (AvgIpc) is 2.31. The van der Waals surface area contributed by atoms with Gasteiger partial charge in [-0.25, -0.2) is 0 Å². The molecule has 0 radical (unpaired) electrons. The van der Waals surface area contributed by atoms with Crippen LogP contribution in [-0.4, -0.2) is 12.6 Å². The summed E-state index contributed by atoms with van der Waals surface area (Å²) < 4.78 is 0. The number of hydrogen-bond donors (Lipinski definition) is 1. The summed E-state index contributed by atoms with van der Waals surface area (Å²) >= 11 is 0. The van der Waals surface area contributed by atoms with E-state index < -0.39 is 0 Å². The molecule has 5 unspecified atom stereocenters. The number of nitrogens with one attached hydrogen (secondary N) is 1. The van der Waals surface area contributed by atoms with Crippen molar-refractivity contribution < 1.29 is 0 Å². The molecular formula is C16H31N. The maximum absolute atomic E-state index is 3.86. The minimum absolute atomic E-state index is 0.818. The van der Waals surface area contributed by atoms with Gasteiger partial charge in [0, 0.05) is 6.04 Å². The standard InChI is InChI=1S/C16H31N/c1-12-5-4-6-15(9-12)11-17-16-8-7-13(2)14(3)10-16/h12-17H,4-11H2,1-3H3. The molecule has 0 aromatic rings. The van der Waals surface area contributed by atoms with Crippen molar-refractivity contribution in [3.63, 3.8) is 0 Å². The van der Waals surface area contributed by atoms with Crippen molar-refractivity contribution in [2.75, 3.05) is 6.54 Å².